The summed E-state index contributed by atoms with van der Waals surface area (Å²) in [5.41, 5.74) is 4.59. The van der Waals surface area contributed by atoms with Crippen molar-refractivity contribution in [3.63, 3.8) is 0 Å². The zero-order chi connectivity index (χ0) is 23.7. The molecule has 1 saturated carbocycles. The summed E-state index contributed by atoms with van der Waals surface area (Å²) in [5, 5.41) is 12.2. The van der Waals surface area contributed by atoms with Crippen molar-refractivity contribution >= 4 is 18.0 Å². The van der Waals surface area contributed by atoms with E-state index in [-0.39, 0.29) is 30.9 Å². The number of aliphatic carboxylic acids is 1. The Hall–Kier alpha value is -3.35. The van der Waals surface area contributed by atoms with Crippen LogP contribution in [-0.2, 0) is 14.3 Å². The first kappa shape index (κ1) is 22.4. The lowest BCUT2D eigenvalue weighted by molar-refractivity contribution is -0.146. The molecule has 1 unspecified atom stereocenters. The van der Waals surface area contributed by atoms with Gasteiger partial charge in [0.25, 0.3) is 0 Å². The maximum absolute atomic E-state index is 13.3. The second-order valence-corrected chi connectivity index (χ2v) is 9.60. The third-order valence-electron chi connectivity index (χ3n) is 7.59. The van der Waals surface area contributed by atoms with Crippen LogP contribution in [0.15, 0.2) is 48.5 Å². The molecule has 2 aliphatic carbocycles. The monoisotopic (exact) mass is 462 g/mol. The molecule has 5 rings (SSSR count). The number of hydrogen-bond acceptors (Lipinski definition) is 4. The summed E-state index contributed by atoms with van der Waals surface area (Å²) in [5.74, 6) is -1.59. The molecular weight excluding hydrogens is 432 g/mol. The Balaban J connectivity index is 1.25. The number of nitrogens with zero attached hydrogens (tertiary/aromatic N) is 1. The molecule has 7 nitrogen and oxygen atoms in total. The number of alkyl carbamates (subject to hydrolysis) is 1. The lowest BCUT2D eigenvalue weighted by Crippen LogP contribution is -2.56. The lowest BCUT2D eigenvalue weighted by atomic mass is 9.79. The largest absolute Gasteiger partial charge is 0.481 e. The number of rotatable bonds is 6. The third kappa shape index (κ3) is 4.27. The van der Waals surface area contributed by atoms with Gasteiger partial charge in [0.05, 0.1) is 5.92 Å². The molecule has 1 saturated heterocycles. The molecule has 2 N–H and O–H groups in total. The predicted octanol–water partition coefficient (Wildman–Crippen LogP) is 4.02. The number of carbonyl (C=O) groups excluding carboxylic acids is 2. The van der Waals surface area contributed by atoms with Crippen molar-refractivity contribution in [1.82, 2.24) is 10.2 Å². The number of ether oxygens (including phenoxy) is 1. The van der Waals surface area contributed by atoms with E-state index in [4.69, 9.17) is 4.74 Å². The van der Waals surface area contributed by atoms with Gasteiger partial charge in [0.2, 0.25) is 5.91 Å². The van der Waals surface area contributed by atoms with E-state index >= 15 is 0 Å². The summed E-state index contributed by atoms with van der Waals surface area (Å²) in [4.78, 5) is 39.2. The van der Waals surface area contributed by atoms with E-state index in [1.54, 1.807) is 4.90 Å². The zero-order valence-electron chi connectivity index (χ0n) is 19.1. The minimum absolute atomic E-state index is 0.0468. The minimum atomic E-state index is -0.873. The van der Waals surface area contributed by atoms with Gasteiger partial charge in [0.15, 0.2) is 0 Å². The van der Waals surface area contributed by atoms with Gasteiger partial charge in [0.1, 0.15) is 12.6 Å². The quantitative estimate of drug-likeness (QED) is 0.676. The number of hydrogen-bond donors (Lipinski definition) is 2. The van der Waals surface area contributed by atoms with Crippen LogP contribution in [0.4, 0.5) is 4.79 Å². The molecule has 0 spiro atoms. The standard InChI is InChI=1S/C27H30N2O5/c30-25(29-14-6-9-18(15-29)26(31)32)24(17-7-5-8-17)28-27(33)34-16-23-21-12-3-1-10-19(21)20-11-2-4-13-22(20)23/h1-4,10-13,17-18,23-24H,5-9,14-16H2,(H,28,33)(H,31,32)/t18-,24?/m0/s1. The van der Waals surface area contributed by atoms with Gasteiger partial charge in [0, 0.05) is 19.0 Å². The molecule has 2 atom stereocenters. The molecule has 0 radical (unpaired) electrons. The van der Waals surface area contributed by atoms with Gasteiger partial charge in [-0.25, -0.2) is 4.79 Å². The highest BCUT2D eigenvalue weighted by atomic mass is 16.5. The van der Waals surface area contributed by atoms with Crippen molar-refractivity contribution in [3.8, 4) is 11.1 Å². The van der Waals surface area contributed by atoms with Crippen LogP contribution in [0.5, 0.6) is 0 Å². The van der Waals surface area contributed by atoms with Crippen molar-refractivity contribution in [2.75, 3.05) is 19.7 Å². The Kier molecular flexibility index (Phi) is 6.26. The summed E-state index contributed by atoms with van der Waals surface area (Å²) in [6, 6.07) is 15.6. The molecule has 1 heterocycles. The average molecular weight is 463 g/mol. The average Bonchev–Trinajstić information content (AvgIpc) is 3.14. The number of carboxylic acid groups (broad SMARTS) is 1. The molecule has 3 aliphatic rings. The normalized spacial score (nSPS) is 20.6. The Morgan fingerprint density at radius 3 is 2.21 bits per heavy atom. The van der Waals surface area contributed by atoms with Gasteiger partial charge >= 0.3 is 12.1 Å². The molecule has 1 aliphatic heterocycles. The lowest BCUT2D eigenvalue weighted by Gasteiger charge is -2.38. The Morgan fingerprint density at radius 2 is 1.62 bits per heavy atom. The Morgan fingerprint density at radius 1 is 0.971 bits per heavy atom. The van der Waals surface area contributed by atoms with Crippen molar-refractivity contribution in [1.29, 1.82) is 0 Å². The first-order chi connectivity index (χ1) is 16.5. The first-order valence-electron chi connectivity index (χ1n) is 12.2. The zero-order valence-corrected chi connectivity index (χ0v) is 19.1. The second kappa shape index (κ2) is 9.49. The summed E-state index contributed by atoms with van der Waals surface area (Å²) >= 11 is 0. The number of benzene rings is 2. The number of fused-ring (bicyclic) bond motifs is 3. The van der Waals surface area contributed by atoms with Crippen molar-refractivity contribution in [3.05, 3.63) is 59.7 Å². The molecule has 2 fully saturated rings. The van der Waals surface area contributed by atoms with Gasteiger partial charge in [-0.1, -0.05) is 55.0 Å². The van der Waals surface area contributed by atoms with Crippen LogP contribution in [-0.4, -0.2) is 53.7 Å². The van der Waals surface area contributed by atoms with E-state index in [0.717, 1.165) is 41.5 Å². The van der Waals surface area contributed by atoms with Gasteiger partial charge in [-0.3, -0.25) is 9.59 Å². The molecule has 7 heteroatoms. The maximum Gasteiger partial charge on any atom is 0.407 e. The highest BCUT2D eigenvalue weighted by Crippen LogP contribution is 2.44. The van der Waals surface area contributed by atoms with E-state index in [1.807, 2.05) is 24.3 Å². The minimum Gasteiger partial charge on any atom is -0.481 e. The fraction of sp³-hybridized carbons (Fsp3) is 0.444. The molecule has 0 bridgehead atoms. The molecule has 0 aromatic heterocycles. The SMILES string of the molecule is O=C(NC(C(=O)N1CCC[C@H](C(=O)O)C1)C1CCC1)OCC1c2ccccc2-c2ccccc21. The van der Waals surface area contributed by atoms with E-state index < -0.39 is 24.0 Å². The molecule has 2 amide bonds. The number of likely N-dealkylation sites (tertiary alicyclic amines) is 1. The van der Waals surface area contributed by atoms with Crippen molar-refractivity contribution < 1.29 is 24.2 Å². The van der Waals surface area contributed by atoms with Crippen molar-refractivity contribution in [2.45, 2.75) is 44.1 Å². The Bertz CT molecular complexity index is 1050. The van der Waals surface area contributed by atoms with E-state index in [2.05, 4.69) is 29.6 Å². The number of amides is 2. The van der Waals surface area contributed by atoms with Crippen LogP contribution < -0.4 is 5.32 Å². The van der Waals surface area contributed by atoms with Gasteiger partial charge < -0.3 is 20.1 Å². The van der Waals surface area contributed by atoms with Crippen molar-refractivity contribution in [2.24, 2.45) is 11.8 Å². The molecule has 2 aromatic rings. The van der Waals surface area contributed by atoms with E-state index in [0.29, 0.717) is 19.4 Å². The van der Waals surface area contributed by atoms with Crippen LogP contribution in [0.2, 0.25) is 0 Å². The van der Waals surface area contributed by atoms with Crippen LogP contribution in [0, 0.1) is 11.8 Å². The van der Waals surface area contributed by atoms with E-state index in [9.17, 15) is 19.5 Å². The van der Waals surface area contributed by atoms with Gasteiger partial charge in [-0.05, 0) is 53.9 Å². The number of nitrogens with one attached hydrogen (secondary N) is 1. The fourth-order valence-electron chi connectivity index (χ4n) is 5.50. The highest BCUT2D eigenvalue weighted by Gasteiger charge is 2.39. The third-order valence-corrected chi connectivity index (χ3v) is 7.59. The molecular formula is C27H30N2O5. The number of piperidine rings is 1. The molecule has 178 valence electrons. The molecule has 2 aromatic carbocycles. The summed E-state index contributed by atoms with van der Waals surface area (Å²) in [7, 11) is 0. The van der Waals surface area contributed by atoms with Gasteiger partial charge in [-0.15, -0.1) is 0 Å². The number of carboxylic acids is 1. The second-order valence-electron chi connectivity index (χ2n) is 9.60. The Labute approximate surface area is 199 Å². The first-order valence-corrected chi connectivity index (χ1v) is 12.2. The smallest absolute Gasteiger partial charge is 0.407 e. The summed E-state index contributed by atoms with van der Waals surface area (Å²) in [6.07, 6.45) is 3.40. The summed E-state index contributed by atoms with van der Waals surface area (Å²) in [6.45, 7) is 0.915. The van der Waals surface area contributed by atoms with Crippen LogP contribution in [0.1, 0.15) is 49.1 Å². The predicted molar refractivity (Wildman–Crippen MR) is 126 cm³/mol. The summed E-state index contributed by atoms with van der Waals surface area (Å²) < 4.78 is 5.67. The maximum atomic E-state index is 13.3. The topological polar surface area (TPSA) is 95.9 Å². The van der Waals surface area contributed by atoms with Crippen LogP contribution in [0.25, 0.3) is 11.1 Å². The highest BCUT2D eigenvalue weighted by molar-refractivity contribution is 5.87. The van der Waals surface area contributed by atoms with Gasteiger partial charge in [-0.2, -0.15) is 0 Å². The number of carbonyl (C=O) groups is 3. The van der Waals surface area contributed by atoms with Crippen LogP contribution in [0.3, 0.4) is 0 Å². The van der Waals surface area contributed by atoms with Crippen LogP contribution >= 0.6 is 0 Å². The molecule has 34 heavy (non-hydrogen) atoms. The fourth-order valence-corrected chi connectivity index (χ4v) is 5.50. The van der Waals surface area contributed by atoms with E-state index in [1.165, 1.54) is 0 Å².